The van der Waals surface area contributed by atoms with Crippen molar-refractivity contribution >= 4 is 11.8 Å². The van der Waals surface area contributed by atoms with Crippen LogP contribution < -0.4 is 5.32 Å². The SMILES string of the molecule is CCCC1C(=O)NC(=O)CC1C(C)c1ccccc1. The van der Waals surface area contributed by atoms with Gasteiger partial charge in [-0.1, -0.05) is 50.6 Å². The lowest BCUT2D eigenvalue weighted by Crippen LogP contribution is -2.47. The van der Waals surface area contributed by atoms with Gasteiger partial charge in [0.25, 0.3) is 0 Å². The minimum Gasteiger partial charge on any atom is -0.296 e. The minimum atomic E-state index is -0.134. The molecule has 2 amide bonds. The van der Waals surface area contributed by atoms with Crippen molar-refractivity contribution in [2.75, 3.05) is 0 Å². The molecule has 0 aromatic heterocycles. The van der Waals surface area contributed by atoms with Gasteiger partial charge in [-0.15, -0.1) is 0 Å². The van der Waals surface area contributed by atoms with E-state index in [9.17, 15) is 9.59 Å². The summed E-state index contributed by atoms with van der Waals surface area (Å²) in [5.74, 6) is 0.0743. The highest BCUT2D eigenvalue weighted by atomic mass is 16.2. The molecular formula is C16H21NO2. The van der Waals surface area contributed by atoms with Crippen molar-refractivity contribution in [3.05, 3.63) is 35.9 Å². The predicted octanol–water partition coefficient (Wildman–Crippen LogP) is 2.87. The molecule has 0 spiro atoms. The fraction of sp³-hybridized carbons (Fsp3) is 0.500. The van der Waals surface area contributed by atoms with Gasteiger partial charge in [-0.05, 0) is 23.8 Å². The van der Waals surface area contributed by atoms with Crippen LogP contribution in [0.5, 0.6) is 0 Å². The van der Waals surface area contributed by atoms with Crippen molar-refractivity contribution in [2.45, 2.75) is 39.0 Å². The van der Waals surface area contributed by atoms with Crippen LogP contribution in [0.25, 0.3) is 0 Å². The van der Waals surface area contributed by atoms with Crippen molar-refractivity contribution in [3.8, 4) is 0 Å². The number of nitrogens with one attached hydrogen (secondary N) is 1. The van der Waals surface area contributed by atoms with Gasteiger partial charge in [0.2, 0.25) is 11.8 Å². The van der Waals surface area contributed by atoms with Crippen molar-refractivity contribution in [1.29, 1.82) is 0 Å². The summed E-state index contributed by atoms with van der Waals surface area (Å²) < 4.78 is 0. The summed E-state index contributed by atoms with van der Waals surface area (Å²) in [6.45, 7) is 4.20. The number of hydrogen-bond donors (Lipinski definition) is 1. The summed E-state index contributed by atoms with van der Waals surface area (Å²) in [6, 6.07) is 10.1. The first-order chi connectivity index (χ1) is 9.13. The largest absolute Gasteiger partial charge is 0.296 e. The molecule has 1 fully saturated rings. The summed E-state index contributed by atoms with van der Waals surface area (Å²) in [6.07, 6.45) is 2.26. The van der Waals surface area contributed by atoms with Gasteiger partial charge in [0, 0.05) is 12.3 Å². The number of piperidine rings is 1. The number of hydrogen-bond acceptors (Lipinski definition) is 2. The molecule has 0 bridgehead atoms. The summed E-state index contributed by atoms with van der Waals surface area (Å²) >= 11 is 0. The van der Waals surface area contributed by atoms with Gasteiger partial charge in [0.1, 0.15) is 0 Å². The highest BCUT2D eigenvalue weighted by Crippen LogP contribution is 2.36. The molecule has 1 aliphatic heterocycles. The van der Waals surface area contributed by atoms with Gasteiger partial charge in [0.05, 0.1) is 0 Å². The molecule has 0 aliphatic carbocycles. The van der Waals surface area contributed by atoms with Crippen molar-refractivity contribution in [2.24, 2.45) is 11.8 Å². The Kier molecular flexibility index (Phi) is 4.35. The van der Waals surface area contributed by atoms with E-state index in [0.717, 1.165) is 12.8 Å². The Bertz CT molecular complexity index is 455. The van der Waals surface area contributed by atoms with Crippen molar-refractivity contribution in [3.63, 3.8) is 0 Å². The summed E-state index contributed by atoms with van der Waals surface area (Å²) in [4.78, 5) is 23.6. The van der Waals surface area contributed by atoms with Crippen LogP contribution in [0, 0.1) is 11.8 Å². The lowest BCUT2D eigenvalue weighted by molar-refractivity contribution is -0.139. The Morgan fingerprint density at radius 3 is 2.58 bits per heavy atom. The molecule has 1 aromatic rings. The second kappa shape index (κ2) is 6.00. The first kappa shape index (κ1) is 13.8. The molecule has 0 saturated carbocycles. The topological polar surface area (TPSA) is 46.2 Å². The molecule has 3 atom stereocenters. The van der Waals surface area contributed by atoms with Crippen LogP contribution >= 0.6 is 0 Å². The third-order valence-corrected chi connectivity index (χ3v) is 4.10. The van der Waals surface area contributed by atoms with Crippen LogP contribution in [0.15, 0.2) is 30.3 Å². The van der Waals surface area contributed by atoms with Crippen LogP contribution in [-0.4, -0.2) is 11.8 Å². The van der Waals surface area contributed by atoms with Crippen LogP contribution in [0.4, 0.5) is 0 Å². The zero-order valence-electron chi connectivity index (χ0n) is 11.6. The van der Waals surface area contributed by atoms with Gasteiger partial charge < -0.3 is 0 Å². The third kappa shape index (κ3) is 3.03. The predicted molar refractivity (Wildman–Crippen MR) is 74.5 cm³/mol. The third-order valence-electron chi connectivity index (χ3n) is 4.10. The number of imide groups is 1. The quantitative estimate of drug-likeness (QED) is 0.845. The van der Waals surface area contributed by atoms with Crippen molar-refractivity contribution < 1.29 is 9.59 Å². The smallest absolute Gasteiger partial charge is 0.229 e. The van der Waals surface area contributed by atoms with E-state index in [1.54, 1.807) is 0 Å². The monoisotopic (exact) mass is 259 g/mol. The highest BCUT2D eigenvalue weighted by Gasteiger charge is 2.38. The van der Waals surface area contributed by atoms with Gasteiger partial charge in [-0.25, -0.2) is 0 Å². The molecule has 1 aliphatic rings. The van der Waals surface area contributed by atoms with E-state index in [2.05, 4.69) is 31.3 Å². The first-order valence-electron chi connectivity index (χ1n) is 7.02. The van der Waals surface area contributed by atoms with Crippen LogP contribution in [0.3, 0.4) is 0 Å². The standard InChI is InChI=1S/C16H21NO2/c1-3-7-13-14(10-15(18)17-16(13)19)11(2)12-8-5-4-6-9-12/h4-6,8-9,11,13-14H,3,7,10H2,1-2H3,(H,17,18,19). The Balaban J connectivity index is 2.23. The van der Waals surface area contributed by atoms with Gasteiger partial charge in [-0.2, -0.15) is 0 Å². The van der Waals surface area contributed by atoms with E-state index in [0.29, 0.717) is 6.42 Å². The Labute approximate surface area is 114 Å². The maximum Gasteiger partial charge on any atom is 0.229 e. The average molecular weight is 259 g/mol. The highest BCUT2D eigenvalue weighted by molar-refractivity contribution is 5.99. The Morgan fingerprint density at radius 1 is 1.26 bits per heavy atom. The lowest BCUT2D eigenvalue weighted by atomic mass is 9.73. The minimum absolute atomic E-state index is 0.0436. The number of benzene rings is 1. The fourth-order valence-corrected chi connectivity index (χ4v) is 3.02. The molecule has 1 saturated heterocycles. The Morgan fingerprint density at radius 2 is 1.95 bits per heavy atom. The zero-order chi connectivity index (χ0) is 13.8. The Hall–Kier alpha value is -1.64. The molecule has 1 N–H and O–H groups in total. The van der Waals surface area contributed by atoms with Crippen molar-refractivity contribution in [1.82, 2.24) is 5.32 Å². The molecular weight excluding hydrogens is 238 g/mol. The second-order valence-corrected chi connectivity index (χ2v) is 5.37. The second-order valence-electron chi connectivity index (χ2n) is 5.37. The normalized spacial score (nSPS) is 24.9. The van der Waals surface area contributed by atoms with Gasteiger partial charge in [-0.3, -0.25) is 14.9 Å². The first-order valence-corrected chi connectivity index (χ1v) is 7.02. The van der Waals surface area contributed by atoms with E-state index in [-0.39, 0.29) is 29.6 Å². The van der Waals surface area contributed by atoms with E-state index in [1.165, 1.54) is 5.56 Å². The van der Waals surface area contributed by atoms with Crippen LogP contribution in [0.2, 0.25) is 0 Å². The maximum absolute atomic E-state index is 12.0. The number of carbonyl (C=O) groups is 2. The molecule has 3 unspecified atom stereocenters. The van der Waals surface area contributed by atoms with Crippen LogP contribution in [-0.2, 0) is 9.59 Å². The molecule has 102 valence electrons. The van der Waals surface area contributed by atoms with Gasteiger partial charge in [0.15, 0.2) is 0 Å². The van der Waals surface area contributed by atoms with E-state index < -0.39 is 0 Å². The lowest BCUT2D eigenvalue weighted by Gasteiger charge is -2.34. The van der Waals surface area contributed by atoms with E-state index in [4.69, 9.17) is 0 Å². The average Bonchev–Trinajstić information content (AvgIpc) is 2.42. The number of amides is 2. The van der Waals surface area contributed by atoms with E-state index >= 15 is 0 Å². The maximum atomic E-state index is 12.0. The molecule has 3 nitrogen and oxygen atoms in total. The molecule has 19 heavy (non-hydrogen) atoms. The molecule has 0 radical (unpaired) electrons. The molecule has 3 heteroatoms. The molecule has 1 heterocycles. The number of rotatable bonds is 4. The fourth-order valence-electron chi connectivity index (χ4n) is 3.02. The van der Waals surface area contributed by atoms with Crippen LogP contribution in [0.1, 0.15) is 44.6 Å². The summed E-state index contributed by atoms with van der Waals surface area (Å²) in [5, 5.41) is 2.47. The number of carbonyl (C=O) groups excluding carboxylic acids is 2. The molecule has 2 rings (SSSR count). The zero-order valence-corrected chi connectivity index (χ0v) is 11.6. The summed E-state index contributed by atoms with van der Waals surface area (Å²) in [7, 11) is 0. The van der Waals surface area contributed by atoms with Gasteiger partial charge >= 0.3 is 0 Å². The molecule has 1 aromatic carbocycles. The van der Waals surface area contributed by atoms with E-state index in [1.807, 2.05) is 18.2 Å². The summed E-state index contributed by atoms with van der Waals surface area (Å²) in [5.41, 5.74) is 1.20.